The zero-order chi connectivity index (χ0) is 9.23. The lowest BCUT2D eigenvalue weighted by Gasteiger charge is -2.01. The number of hydrogen-bond donors (Lipinski definition) is 0. The van der Waals surface area contributed by atoms with Crippen molar-refractivity contribution in [3.05, 3.63) is 0 Å². The van der Waals surface area contributed by atoms with Gasteiger partial charge in [0, 0.05) is 19.6 Å². The van der Waals surface area contributed by atoms with Crippen molar-refractivity contribution < 1.29 is 13.5 Å². The van der Waals surface area contributed by atoms with Crippen molar-refractivity contribution in [2.45, 2.75) is 45.5 Å². The van der Waals surface area contributed by atoms with Gasteiger partial charge in [0.1, 0.15) is 0 Å². The lowest BCUT2D eigenvalue weighted by atomic mass is 10.2. The third-order valence-electron chi connectivity index (χ3n) is 1.56. The third kappa shape index (κ3) is 9.82. The van der Waals surface area contributed by atoms with Gasteiger partial charge < -0.3 is 4.74 Å². The summed E-state index contributed by atoms with van der Waals surface area (Å²) in [6.07, 6.45) is 1.31. The molecule has 0 heterocycles. The van der Waals surface area contributed by atoms with E-state index in [1.807, 2.05) is 0 Å². The molecule has 0 spiro atoms. The highest BCUT2D eigenvalue weighted by Gasteiger charge is 2.00. The molecule has 0 saturated carbocycles. The molecular weight excluding hydrogens is 162 g/mol. The summed E-state index contributed by atoms with van der Waals surface area (Å²) >= 11 is 0. The average molecular weight is 180 g/mol. The second-order valence-electron chi connectivity index (χ2n) is 2.85. The molecule has 1 nitrogen and oxygen atoms in total. The van der Waals surface area contributed by atoms with Gasteiger partial charge >= 0.3 is 0 Å². The summed E-state index contributed by atoms with van der Waals surface area (Å²) < 4.78 is 28.5. The largest absolute Gasteiger partial charge is 0.381 e. The maximum Gasteiger partial charge on any atom is 0.238 e. The van der Waals surface area contributed by atoms with Crippen molar-refractivity contribution in [3.8, 4) is 0 Å². The van der Waals surface area contributed by atoms with E-state index in [2.05, 4.69) is 6.92 Å². The van der Waals surface area contributed by atoms with Gasteiger partial charge in [-0.15, -0.1) is 0 Å². The Bertz CT molecular complexity index is 86.6. The molecule has 3 heteroatoms. The normalized spacial score (nSPS) is 11.0. The van der Waals surface area contributed by atoms with Crippen LogP contribution in [0.1, 0.15) is 39.0 Å². The maximum absolute atomic E-state index is 11.6. The predicted molar refractivity (Wildman–Crippen MR) is 45.6 cm³/mol. The monoisotopic (exact) mass is 180 g/mol. The Hall–Kier alpha value is -0.180. The van der Waals surface area contributed by atoms with Crippen LogP contribution in [-0.2, 0) is 4.74 Å². The molecule has 0 amide bonds. The Morgan fingerprint density at radius 1 is 1.08 bits per heavy atom. The van der Waals surface area contributed by atoms with E-state index in [1.165, 1.54) is 0 Å². The first-order chi connectivity index (χ1) is 5.77. The molecule has 74 valence electrons. The van der Waals surface area contributed by atoms with Gasteiger partial charge in [-0.05, 0) is 19.3 Å². The van der Waals surface area contributed by atoms with Crippen molar-refractivity contribution in [3.63, 3.8) is 0 Å². The number of alkyl halides is 2. The predicted octanol–water partition coefficient (Wildman–Crippen LogP) is 3.24. The molecule has 0 aromatic rings. The minimum Gasteiger partial charge on any atom is -0.381 e. The van der Waals surface area contributed by atoms with Crippen molar-refractivity contribution in [2.24, 2.45) is 0 Å². The first kappa shape index (κ1) is 11.8. The minimum absolute atomic E-state index is 0.0355. The highest BCUT2D eigenvalue weighted by atomic mass is 19.3. The number of ether oxygens (including phenoxy) is 1. The van der Waals surface area contributed by atoms with Crippen molar-refractivity contribution in [2.75, 3.05) is 13.2 Å². The molecule has 0 aromatic heterocycles. The average Bonchev–Trinajstić information content (AvgIpc) is 2.02. The molecule has 0 aliphatic carbocycles. The van der Waals surface area contributed by atoms with Crippen LogP contribution in [0.4, 0.5) is 8.78 Å². The lowest BCUT2D eigenvalue weighted by molar-refractivity contribution is 0.120. The van der Waals surface area contributed by atoms with E-state index in [0.29, 0.717) is 6.42 Å². The van der Waals surface area contributed by atoms with E-state index in [1.54, 1.807) is 0 Å². The molecule has 0 aliphatic rings. The topological polar surface area (TPSA) is 9.23 Å². The summed E-state index contributed by atoms with van der Waals surface area (Å²) in [6.45, 7) is 3.56. The summed E-state index contributed by atoms with van der Waals surface area (Å²) in [5.74, 6) is 0. The van der Waals surface area contributed by atoms with E-state index in [9.17, 15) is 8.78 Å². The van der Waals surface area contributed by atoms with Crippen LogP contribution in [0.5, 0.6) is 0 Å². The van der Waals surface area contributed by atoms with E-state index >= 15 is 0 Å². The molecule has 0 aliphatic heterocycles. The number of halogens is 2. The van der Waals surface area contributed by atoms with Gasteiger partial charge in [-0.3, -0.25) is 0 Å². The van der Waals surface area contributed by atoms with Crippen LogP contribution in [0.25, 0.3) is 0 Å². The van der Waals surface area contributed by atoms with Crippen LogP contribution in [-0.4, -0.2) is 19.6 Å². The highest BCUT2D eigenvalue weighted by Crippen LogP contribution is 2.07. The Labute approximate surface area is 73.1 Å². The number of hydrogen-bond acceptors (Lipinski definition) is 1. The fraction of sp³-hybridized carbons (Fsp3) is 1.00. The summed E-state index contributed by atoms with van der Waals surface area (Å²) in [5.41, 5.74) is 0. The zero-order valence-corrected chi connectivity index (χ0v) is 7.69. The van der Waals surface area contributed by atoms with E-state index in [0.717, 1.165) is 32.5 Å². The molecule has 0 fully saturated rings. The quantitative estimate of drug-likeness (QED) is 0.521. The van der Waals surface area contributed by atoms with Gasteiger partial charge in [-0.25, -0.2) is 8.78 Å². The fourth-order valence-electron chi connectivity index (χ4n) is 0.926. The van der Waals surface area contributed by atoms with Crippen LogP contribution in [0.3, 0.4) is 0 Å². The fourth-order valence-corrected chi connectivity index (χ4v) is 0.926. The van der Waals surface area contributed by atoms with Crippen molar-refractivity contribution in [1.82, 2.24) is 0 Å². The van der Waals surface area contributed by atoms with Crippen LogP contribution in [0.15, 0.2) is 0 Å². The summed E-state index contributed by atoms with van der Waals surface area (Å²) in [4.78, 5) is 0. The molecule has 0 rings (SSSR count). The minimum atomic E-state index is -2.14. The highest BCUT2D eigenvalue weighted by molar-refractivity contribution is 4.44. The molecular formula is C9H18F2O. The molecule has 0 radical (unpaired) electrons. The van der Waals surface area contributed by atoms with Gasteiger partial charge in [-0.2, -0.15) is 0 Å². The second kappa shape index (κ2) is 8.91. The SMILES string of the molecule is CCCOCCCCCC(F)F. The van der Waals surface area contributed by atoms with Gasteiger partial charge in [0.25, 0.3) is 0 Å². The maximum atomic E-state index is 11.6. The van der Waals surface area contributed by atoms with Crippen LogP contribution in [0, 0.1) is 0 Å². The number of unbranched alkanes of at least 4 members (excludes halogenated alkanes) is 2. The lowest BCUT2D eigenvalue weighted by Crippen LogP contribution is -1.96. The molecule has 0 unspecified atom stereocenters. The van der Waals surface area contributed by atoms with Crippen molar-refractivity contribution in [1.29, 1.82) is 0 Å². The summed E-state index contributed by atoms with van der Waals surface area (Å²) in [5, 5.41) is 0. The number of rotatable bonds is 8. The Morgan fingerprint density at radius 2 is 1.83 bits per heavy atom. The van der Waals surface area contributed by atoms with Gasteiger partial charge in [0.05, 0.1) is 0 Å². The van der Waals surface area contributed by atoms with Crippen LogP contribution >= 0.6 is 0 Å². The molecule has 0 atom stereocenters. The van der Waals surface area contributed by atoms with E-state index in [-0.39, 0.29) is 6.42 Å². The Morgan fingerprint density at radius 3 is 2.42 bits per heavy atom. The van der Waals surface area contributed by atoms with E-state index < -0.39 is 6.43 Å². The van der Waals surface area contributed by atoms with Gasteiger partial charge in [0.2, 0.25) is 6.43 Å². The second-order valence-corrected chi connectivity index (χ2v) is 2.85. The summed E-state index contributed by atoms with van der Waals surface area (Å²) in [7, 11) is 0. The summed E-state index contributed by atoms with van der Waals surface area (Å²) in [6, 6.07) is 0. The molecule has 12 heavy (non-hydrogen) atoms. The molecule has 0 N–H and O–H groups in total. The van der Waals surface area contributed by atoms with Crippen molar-refractivity contribution >= 4 is 0 Å². The van der Waals surface area contributed by atoms with Gasteiger partial charge in [0.15, 0.2) is 0 Å². The first-order valence-corrected chi connectivity index (χ1v) is 4.63. The molecule has 0 saturated heterocycles. The molecule has 0 bridgehead atoms. The third-order valence-corrected chi connectivity index (χ3v) is 1.56. The zero-order valence-electron chi connectivity index (χ0n) is 7.69. The smallest absolute Gasteiger partial charge is 0.238 e. The van der Waals surface area contributed by atoms with Gasteiger partial charge in [-0.1, -0.05) is 13.3 Å². The Kier molecular flexibility index (Phi) is 8.78. The first-order valence-electron chi connectivity index (χ1n) is 4.63. The molecule has 0 aromatic carbocycles. The Balaban J connectivity index is 2.82. The van der Waals surface area contributed by atoms with E-state index in [4.69, 9.17) is 4.74 Å². The standard InChI is InChI=1S/C9H18F2O/c1-2-7-12-8-5-3-4-6-9(10)11/h9H,2-8H2,1H3. The van der Waals surface area contributed by atoms with Crippen LogP contribution in [0.2, 0.25) is 0 Å². The van der Waals surface area contributed by atoms with Crippen LogP contribution < -0.4 is 0 Å².